The van der Waals surface area contributed by atoms with Gasteiger partial charge in [0.2, 0.25) is 10.0 Å². The molecule has 1 aliphatic rings. The Kier molecular flexibility index (Phi) is 6.88. The summed E-state index contributed by atoms with van der Waals surface area (Å²) < 4.78 is 26.8. The molecule has 0 aliphatic carbocycles. The SMILES string of the molecule is CCCCS(=O)(=O)N1CCC(c2c[nH]c3c(C(N)=O)cc(-c4cccc(CO)c4)cc23)CC1. The molecule has 1 saturated heterocycles. The first-order valence-electron chi connectivity index (χ1n) is 11.5. The van der Waals surface area contributed by atoms with Gasteiger partial charge in [0.05, 0.1) is 23.4 Å². The summed E-state index contributed by atoms with van der Waals surface area (Å²) in [6.07, 6.45) is 4.93. The molecule has 1 fully saturated rings. The number of aliphatic hydroxyl groups excluding tert-OH is 1. The minimum atomic E-state index is -3.20. The van der Waals surface area contributed by atoms with Crippen molar-refractivity contribution in [2.24, 2.45) is 5.73 Å². The van der Waals surface area contributed by atoms with Crippen molar-refractivity contribution >= 4 is 26.8 Å². The highest BCUT2D eigenvalue weighted by Crippen LogP contribution is 2.37. The van der Waals surface area contributed by atoms with E-state index in [1.165, 1.54) is 0 Å². The van der Waals surface area contributed by atoms with E-state index in [9.17, 15) is 18.3 Å². The molecule has 8 heteroatoms. The standard InChI is InChI=1S/C25H31N3O4S/c1-2-3-11-33(31,32)28-9-7-18(8-10-28)23-15-27-24-21(23)13-20(14-22(24)25(26)30)19-6-4-5-17(12-19)16-29/h4-6,12-15,18,27,29H,2-3,7-11,16H2,1H3,(H2,26,30). The number of primary amides is 1. The van der Waals surface area contributed by atoms with Crippen molar-refractivity contribution in [1.29, 1.82) is 0 Å². The monoisotopic (exact) mass is 469 g/mol. The number of fused-ring (bicyclic) bond motifs is 1. The van der Waals surface area contributed by atoms with E-state index in [0.717, 1.165) is 46.9 Å². The average Bonchev–Trinajstić information content (AvgIpc) is 3.26. The number of rotatable bonds is 8. The van der Waals surface area contributed by atoms with E-state index >= 15 is 0 Å². The van der Waals surface area contributed by atoms with E-state index in [1.807, 2.05) is 37.4 Å². The Labute approximate surface area is 194 Å². The molecule has 1 amide bonds. The molecule has 33 heavy (non-hydrogen) atoms. The van der Waals surface area contributed by atoms with Crippen LogP contribution in [0, 0.1) is 0 Å². The lowest BCUT2D eigenvalue weighted by Crippen LogP contribution is -2.39. The highest BCUT2D eigenvalue weighted by molar-refractivity contribution is 7.89. The maximum absolute atomic E-state index is 12.6. The number of nitrogens with zero attached hydrogens (tertiary/aromatic N) is 1. The van der Waals surface area contributed by atoms with Crippen molar-refractivity contribution in [1.82, 2.24) is 9.29 Å². The van der Waals surface area contributed by atoms with Gasteiger partial charge < -0.3 is 15.8 Å². The fourth-order valence-electron chi connectivity index (χ4n) is 4.70. The molecule has 2 heterocycles. The number of unbranched alkanes of at least 4 members (excludes halogenated alkanes) is 1. The average molecular weight is 470 g/mol. The molecule has 1 aromatic heterocycles. The predicted molar refractivity (Wildman–Crippen MR) is 130 cm³/mol. The van der Waals surface area contributed by atoms with Gasteiger partial charge in [0, 0.05) is 24.7 Å². The third-order valence-electron chi connectivity index (χ3n) is 6.57. The van der Waals surface area contributed by atoms with E-state index in [-0.39, 0.29) is 18.3 Å². The summed E-state index contributed by atoms with van der Waals surface area (Å²) in [6, 6.07) is 11.4. The molecule has 176 valence electrons. The van der Waals surface area contributed by atoms with Gasteiger partial charge in [0.25, 0.3) is 5.91 Å². The van der Waals surface area contributed by atoms with E-state index in [4.69, 9.17) is 5.73 Å². The number of sulfonamides is 1. The molecule has 0 unspecified atom stereocenters. The van der Waals surface area contributed by atoms with Gasteiger partial charge >= 0.3 is 0 Å². The van der Waals surface area contributed by atoms with Crippen LogP contribution in [0.3, 0.4) is 0 Å². The number of aromatic nitrogens is 1. The number of nitrogens with one attached hydrogen (secondary N) is 1. The van der Waals surface area contributed by atoms with Crippen molar-refractivity contribution in [3.05, 3.63) is 59.3 Å². The summed E-state index contributed by atoms with van der Waals surface area (Å²) >= 11 is 0. The van der Waals surface area contributed by atoms with Crippen LogP contribution in [0.5, 0.6) is 0 Å². The fraction of sp³-hybridized carbons (Fsp3) is 0.400. The Morgan fingerprint density at radius 3 is 2.61 bits per heavy atom. The molecule has 0 bridgehead atoms. The topological polar surface area (TPSA) is 116 Å². The molecule has 0 saturated carbocycles. The second kappa shape index (κ2) is 9.67. The fourth-order valence-corrected chi connectivity index (χ4v) is 6.38. The molecule has 7 nitrogen and oxygen atoms in total. The van der Waals surface area contributed by atoms with Gasteiger partial charge in [-0.2, -0.15) is 0 Å². The number of carbonyl (C=O) groups is 1. The zero-order valence-corrected chi connectivity index (χ0v) is 19.7. The zero-order valence-electron chi connectivity index (χ0n) is 18.9. The van der Waals surface area contributed by atoms with Crippen molar-refractivity contribution in [2.45, 2.75) is 45.1 Å². The van der Waals surface area contributed by atoms with Gasteiger partial charge in [-0.3, -0.25) is 4.79 Å². The number of piperidine rings is 1. The van der Waals surface area contributed by atoms with Crippen LogP contribution in [-0.2, 0) is 16.6 Å². The predicted octanol–water partition coefficient (Wildman–Crippen LogP) is 3.74. The Balaban J connectivity index is 1.67. The summed E-state index contributed by atoms with van der Waals surface area (Å²) in [7, 11) is -3.20. The highest BCUT2D eigenvalue weighted by Gasteiger charge is 2.29. The van der Waals surface area contributed by atoms with Crippen LogP contribution in [0.15, 0.2) is 42.6 Å². The van der Waals surface area contributed by atoms with Crippen LogP contribution in [0.2, 0.25) is 0 Å². The Morgan fingerprint density at radius 2 is 1.94 bits per heavy atom. The minimum Gasteiger partial charge on any atom is -0.392 e. The maximum atomic E-state index is 12.6. The van der Waals surface area contributed by atoms with E-state index < -0.39 is 15.9 Å². The van der Waals surface area contributed by atoms with Crippen LogP contribution in [0.25, 0.3) is 22.0 Å². The van der Waals surface area contributed by atoms with Crippen molar-refractivity contribution < 1.29 is 18.3 Å². The quantitative estimate of drug-likeness (QED) is 0.466. The first kappa shape index (κ1) is 23.5. The van der Waals surface area contributed by atoms with Gasteiger partial charge in [-0.1, -0.05) is 31.5 Å². The summed E-state index contributed by atoms with van der Waals surface area (Å²) in [5.74, 6) is -0.110. The van der Waals surface area contributed by atoms with Crippen molar-refractivity contribution in [3.8, 4) is 11.1 Å². The zero-order chi connectivity index (χ0) is 23.6. The molecule has 4 rings (SSSR count). The van der Waals surface area contributed by atoms with E-state index in [2.05, 4.69) is 11.1 Å². The van der Waals surface area contributed by atoms with Crippen LogP contribution in [0.1, 0.15) is 60.0 Å². The minimum absolute atomic E-state index is 0.0616. The maximum Gasteiger partial charge on any atom is 0.250 e. The third-order valence-corrected chi connectivity index (χ3v) is 8.53. The molecule has 0 radical (unpaired) electrons. The highest BCUT2D eigenvalue weighted by atomic mass is 32.2. The normalized spacial score (nSPS) is 15.8. The van der Waals surface area contributed by atoms with Crippen LogP contribution >= 0.6 is 0 Å². The molecule has 0 atom stereocenters. The van der Waals surface area contributed by atoms with Gasteiger partial charge in [-0.15, -0.1) is 0 Å². The van der Waals surface area contributed by atoms with Crippen molar-refractivity contribution in [2.75, 3.05) is 18.8 Å². The van der Waals surface area contributed by atoms with Gasteiger partial charge in [0.1, 0.15) is 0 Å². The number of H-pyrrole nitrogens is 1. The Hall–Kier alpha value is -2.68. The van der Waals surface area contributed by atoms with Crippen LogP contribution < -0.4 is 5.73 Å². The molecular weight excluding hydrogens is 438 g/mol. The van der Waals surface area contributed by atoms with Gasteiger partial charge in [-0.05, 0) is 65.6 Å². The second-order valence-electron chi connectivity index (χ2n) is 8.76. The molecule has 4 N–H and O–H groups in total. The Bertz CT molecular complexity index is 1260. The Morgan fingerprint density at radius 1 is 1.18 bits per heavy atom. The lowest BCUT2D eigenvalue weighted by Gasteiger charge is -2.31. The van der Waals surface area contributed by atoms with Crippen LogP contribution in [0.4, 0.5) is 0 Å². The summed E-state index contributed by atoms with van der Waals surface area (Å²) in [6.45, 7) is 2.94. The lowest BCUT2D eigenvalue weighted by atomic mass is 9.88. The van der Waals surface area contributed by atoms with E-state index in [1.54, 1.807) is 10.4 Å². The van der Waals surface area contributed by atoms with Crippen LogP contribution in [-0.4, -0.2) is 47.6 Å². The molecule has 3 aromatic rings. The molecular formula is C25H31N3O4S. The number of hydrogen-bond donors (Lipinski definition) is 3. The summed E-state index contributed by atoms with van der Waals surface area (Å²) in [5.41, 5.74) is 10.5. The number of hydrogen-bond acceptors (Lipinski definition) is 4. The second-order valence-corrected chi connectivity index (χ2v) is 10.8. The number of benzene rings is 2. The summed E-state index contributed by atoms with van der Waals surface area (Å²) in [4.78, 5) is 15.5. The smallest absolute Gasteiger partial charge is 0.250 e. The van der Waals surface area contributed by atoms with Crippen molar-refractivity contribution in [3.63, 3.8) is 0 Å². The number of amides is 1. The number of carbonyl (C=O) groups excluding carboxylic acids is 1. The third kappa shape index (κ3) is 4.83. The number of aromatic amines is 1. The number of nitrogens with two attached hydrogens (primary N) is 1. The molecule has 2 aromatic carbocycles. The molecule has 1 aliphatic heterocycles. The van der Waals surface area contributed by atoms with Gasteiger partial charge in [0.15, 0.2) is 0 Å². The summed E-state index contributed by atoms with van der Waals surface area (Å²) in [5, 5.41) is 10.4. The van der Waals surface area contributed by atoms with Gasteiger partial charge in [-0.25, -0.2) is 12.7 Å². The first-order valence-corrected chi connectivity index (χ1v) is 13.1. The first-order chi connectivity index (χ1) is 15.8. The van der Waals surface area contributed by atoms with E-state index in [0.29, 0.717) is 30.6 Å². The number of aliphatic hydroxyl groups is 1. The largest absolute Gasteiger partial charge is 0.392 e. The lowest BCUT2D eigenvalue weighted by molar-refractivity contribution is 0.100. The molecule has 0 spiro atoms.